The molecule has 2 aromatic heterocycles. The molecule has 0 aliphatic carbocycles. The molecule has 3 N–H and O–H groups in total. The third kappa shape index (κ3) is 3.57. The zero-order valence-electron chi connectivity index (χ0n) is 15.6. The van der Waals surface area contributed by atoms with Gasteiger partial charge >= 0.3 is 0 Å². The molecule has 4 rings (SSSR count). The Labute approximate surface area is 165 Å². The van der Waals surface area contributed by atoms with Gasteiger partial charge in [-0.3, -0.25) is 9.59 Å². The molecule has 0 aliphatic rings. The molecule has 0 aliphatic heterocycles. The third-order valence-electron chi connectivity index (χ3n) is 4.49. The summed E-state index contributed by atoms with van der Waals surface area (Å²) in [5.74, 6) is 0.297. The fourth-order valence-corrected chi connectivity index (χ4v) is 2.99. The van der Waals surface area contributed by atoms with Gasteiger partial charge < -0.3 is 15.6 Å². The van der Waals surface area contributed by atoms with Gasteiger partial charge in [0.1, 0.15) is 0 Å². The molecule has 0 fully saturated rings. The number of rotatable bonds is 6. The number of hydrogen-bond acceptors (Lipinski definition) is 7. The van der Waals surface area contributed by atoms with Crippen molar-refractivity contribution in [2.24, 2.45) is 0 Å². The van der Waals surface area contributed by atoms with Crippen LogP contribution in [0, 0.1) is 0 Å². The maximum Gasteiger partial charge on any atom is 0.224 e. The van der Waals surface area contributed by atoms with E-state index in [9.17, 15) is 9.59 Å². The smallest absolute Gasteiger partial charge is 0.224 e. The molecule has 0 unspecified atom stereocenters. The Kier molecular flexibility index (Phi) is 4.78. The number of para-hydroxylation sites is 2. The van der Waals surface area contributed by atoms with Gasteiger partial charge in [-0.05, 0) is 46.7 Å². The van der Waals surface area contributed by atoms with E-state index in [1.165, 1.54) is 0 Å². The van der Waals surface area contributed by atoms with Gasteiger partial charge in [0.15, 0.2) is 23.1 Å². The lowest BCUT2D eigenvalue weighted by Gasteiger charge is -2.08. The summed E-state index contributed by atoms with van der Waals surface area (Å²) in [5.41, 5.74) is 8.74. The number of benzene rings is 2. The molecular formula is C20H18N6O3. The molecular weight excluding hydrogens is 372 g/mol. The standard InChI is InChI=1S/C20H18N6O3/c1-2-17(28)22-13-9-7-12(8-10-13)16(27)11-26-15-6-4-3-5-14(15)23-20(26)18-19(21)25-29-24-18/h3-10H,2,11H2,1H3,(H2,21,25)(H,22,28). The first kappa shape index (κ1) is 18.4. The summed E-state index contributed by atoms with van der Waals surface area (Å²) >= 11 is 0. The van der Waals surface area contributed by atoms with E-state index in [4.69, 9.17) is 10.4 Å². The highest BCUT2D eigenvalue weighted by Gasteiger charge is 2.21. The van der Waals surface area contributed by atoms with E-state index in [1.54, 1.807) is 35.8 Å². The molecule has 0 radical (unpaired) electrons. The van der Waals surface area contributed by atoms with Crippen LogP contribution in [0.4, 0.5) is 11.5 Å². The van der Waals surface area contributed by atoms with Crippen molar-refractivity contribution in [3.8, 4) is 11.5 Å². The van der Waals surface area contributed by atoms with E-state index in [0.29, 0.717) is 29.0 Å². The van der Waals surface area contributed by atoms with Crippen LogP contribution in [-0.2, 0) is 11.3 Å². The quantitative estimate of drug-likeness (QED) is 0.484. The van der Waals surface area contributed by atoms with Crippen molar-refractivity contribution in [1.29, 1.82) is 0 Å². The number of nitrogens with one attached hydrogen (secondary N) is 1. The second kappa shape index (κ2) is 7.55. The summed E-state index contributed by atoms with van der Waals surface area (Å²) < 4.78 is 6.43. The number of carbonyl (C=O) groups is 2. The second-order valence-corrected chi connectivity index (χ2v) is 6.41. The number of aromatic nitrogens is 4. The van der Waals surface area contributed by atoms with Crippen LogP contribution < -0.4 is 11.1 Å². The molecule has 0 atom stereocenters. The largest absolute Gasteiger partial charge is 0.379 e. The number of anilines is 2. The highest BCUT2D eigenvalue weighted by molar-refractivity contribution is 5.98. The monoisotopic (exact) mass is 390 g/mol. The van der Waals surface area contributed by atoms with E-state index in [2.05, 4.69) is 20.6 Å². The van der Waals surface area contributed by atoms with Crippen LogP contribution in [-0.4, -0.2) is 31.6 Å². The minimum Gasteiger partial charge on any atom is -0.379 e. The molecule has 29 heavy (non-hydrogen) atoms. The van der Waals surface area contributed by atoms with Gasteiger partial charge in [0.05, 0.1) is 17.6 Å². The average molecular weight is 390 g/mol. The Morgan fingerprint density at radius 3 is 2.55 bits per heavy atom. The zero-order valence-corrected chi connectivity index (χ0v) is 15.6. The number of imidazole rings is 1. The van der Waals surface area contributed by atoms with E-state index < -0.39 is 0 Å². The van der Waals surface area contributed by atoms with Crippen LogP contribution in [0.25, 0.3) is 22.6 Å². The number of nitrogens with zero attached hydrogens (tertiary/aromatic N) is 4. The van der Waals surface area contributed by atoms with Gasteiger partial charge in [0, 0.05) is 17.7 Å². The Bertz CT molecular complexity index is 1190. The van der Waals surface area contributed by atoms with Crippen LogP contribution in [0.15, 0.2) is 53.2 Å². The number of carbonyl (C=O) groups excluding carboxylic acids is 2. The molecule has 0 saturated heterocycles. The van der Waals surface area contributed by atoms with Gasteiger partial charge in [-0.25, -0.2) is 9.61 Å². The molecule has 0 bridgehead atoms. The number of amides is 1. The van der Waals surface area contributed by atoms with Crippen LogP contribution in [0.5, 0.6) is 0 Å². The Morgan fingerprint density at radius 2 is 1.86 bits per heavy atom. The van der Waals surface area contributed by atoms with Gasteiger partial charge in [-0.2, -0.15) is 0 Å². The van der Waals surface area contributed by atoms with Gasteiger partial charge in [0.25, 0.3) is 0 Å². The number of ketones is 1. The fourth-order valence-electron chi connectivity index (χ4n) is 2.99. The number of fused-ring (bicyclic) bond motifs is 1. The Balaban J connectivity index is 1.66. The minimum absolute atomic E-state index is 0.0306. The lowest BCUT2D eigenvalue weighted by molar-refractivity contribution is -0.115. The van der Waals surface area contributed by atoms with Crippen molar-refractivity contribution >= 4 is 34.2 Å². The summed E-state index contributed by atoms with van der Waals surface area (Å²) in [4.78, 5) is 29.0. The highest BCUT2D eigenvalue weighted by Crippen LogP contribution is 2.27. The first-order chi connectivity index (χ1) is 14.1. The molecule has 4 aromatic rings. The second-order valence-electron chi connectivity index (χ2n) is 6.41. The molecule has 146 valence electrons. The summed E-state index contributed by atoms with van der Waals surface area (Å²) in [5, 5.41) is 10.2. The number of hydrogen-bond donors (Lipinski definition) is 2. The van der Waals surface area contributed by atoms with Crippen LogP contribution >= 0.6 is 0 Å². The number of nitrogens with two attached hydrogens (primary N) is 1. The van der Waals surface area contributed by atoms with E-state index in [-0.39, 0.29) is 29.7 Å². The van der Waals surface area contributed by atoms with Crippen LogP contribution in [0.2, 0.25) is 0 Å². The minimum atomic E-state index is -0.127. The van der Waals surface area contributed by atoms with E-state index in [1.807, 2.05) is 24.3 Å². The molecule has 1 amide bonds. The predicted octanol–water partition coefficient (Wildman–Crippen LogP) is 2.90. The third-order valence-corrected chi connectivity index (χ3v) is 4.49. The Morgan fingerprint density at radius 1 is 1.10 bits per heavy atom. The summed E-state index contributed by atoms with van der Waals surface area (Å²) in [6.45, 7) is 1.81. The fraction of sp³-hybridized carbons (Fsp3) is 0.150. The lowest BCUT2D eigenvalue weighted by atomic mass is 10.1. The maximum atomic E-state index is 12.9. The van der Waals surface area contributed by atoms with Crippen LogP contribution in [0.3, 0.4) is 0 Å². The molecule has 2 aromatic carbocycles. The van der Waals surface area contributed by atoms with Gasteiger partial charge in [0.2, 0.25) is 5.91 Å². The van der Waals surface area contributed by atoms with Crippen molar-refractivity contribution in [2.45, 2.75) is 19.9 Å². The predicted molar refractivity (Wildman–Crippen MR) is 107 cm³/mol. The SMILES string of the molecule is CCC(=O)Nc1ccc(C(=O)Cn2c(-c3nonc3N)nc3ccccc32)cc1. The Hall–Kier alpha value is -4.01. The normalized spacial score (nSPS) is 10.9. The molecule has 9 heteroatoms. The van der Waals surface area contributed by atoms with Crippen molar-refractivity contribution in [3.05, 3.63) is 54.1 Å². The average Bonchev–Trinajstić information content (AvgIpc) is 3.31. The summed E-state index contributed by atoms with van der Waals surface area (Å²) in [6.07, 6.45) is 0.386. The lowest BCUT2D eigenvalue weighted by Crippen LogP contribution is -2.13. The molecule has 2 heterocycles. The molecule has 0 spiro atoms. The van der Waals surface area contributed by atoms with E-state index >= 15 is 0 Å². The number of Topliss-reactive ketones (excluding diaryl/α,β-unsaturated/α-hetero) is 1. The topological polar surface area (TPSA) is 129 Å². The highest BCUT2D eigenvalue weighted by atomic mass is 16.6. The van der Waals surface area contributed by atoms with Crippen molar-refractivity contribution < 1.29 is 14.2 Å². The van der Waals surface area contributed by atoms with Gasteiger partial charge in [-0.15, -0.1) is 0 Å². The van der Waals surface area contributed by atoms with Crippen molar-refractivity contribution in [1.82, 2.24) is 19.9 Å². The van der Waals surface area contributed by atoms with Crippen LogP contribution in [0.1, 0.15) is 23.7 Å². The molecule has 9 nitrogen and oxygen atoms in total. The van der Waals surface area contributed by atoms with Crippen molar-refractivity contribution in [3.63, 3.8) is 0 Å². The maximum absolute atomic E-state index is 12.9. The first-order valence-corrected chi connectivity index (χ1v) is 9.03. The summed E-state index contributed by atoms with van der Waals surface area (Å²) in [7, 11) is 0. The van der Waals surface area contributed by atoms with E-state index in [0.717, 1.165) is 5.52 Å². The first-order valence-electron chi connectivity index (χ1n) is 9.03. The van der Waals surface area contributed by atoms with Crippen molar-refractivity contribution in [2.75, 3.05) is 11.1 Å². The van der Waals surface area contributed by atoms with Gasteiger partial charge in [-0.1, -0.05) is 19.1 Å². The number of nitrogen functional groups attached to an aromatic ring is 1. The zero-order chi connectivity index (χ0) is 20.4. The summed E-state index contributed by atoms with van der Waals surface area (Å²) in [6, 6.07) is 14.2. The molecule has 0 saturated carbocycles.